The van der Waals surface area contributed by atoms with Gasteiger partial charge in [0.1, 0.15) is 5.82 Å². The second-order valence-corrected chi connectivity index (χ2v) is 7.60. The van der Waals surface area contributed by atoms with Gasteiger partial charge in [-0.15, -0.1) is 0 Å². The third-order valence-electron chi connectivity index (χ3n) is 4.52. The maximum absolute atomic E-state index is 14.4. The summed E-state index contributed by atoms with van der Waals surface area (Å²) in [4.78, 5) is 0. The summed E-state index contributed by atoms with van der Waals surface area (Å²) in [5, 5.41) is 0. The Labute approximate surface area is 168 Å². The van der Waals surface area contributed by atoms with Crippen molar-refractivity contribution in [3.8, 4) is 16.9 Å². The van der Waals surface area contributed by atoms with Gasteiger partial charge < -0.3 is 4.74 Å². The first-order valence-electron chi connectivity index (χ1n) is 9.60. The maximum Gasteiger partial charge on any atom is 0.201 e. The molecule has 5 heteroatoms. The van der Waals surface area contributed by atoms with Crippen molar-refractivity contribution >= 4 is 15.9 Å². The van der Waals surface area contributed by atoms with Crippen LogP contribution >= 0.6 is 15.9 Å². The molecule has 0 amide bonds. The van der Waals surface area contributed by atoms with Gasteiger partial charge >= 0.3 is 0 Å². The molecule has 0 radical (unpaired) electrons. The molecule has 2 aromatic rings. The summed E-state index contributed by atoms with van der Waals surface area (Å²) in [6.07, 6.45) is 9.21. The molecule has 1 nitrogen and oxygen atoms in total. The number of halogens is 4. The van der Waals surface area contributed by atoms with Crippen LogP contribution in [0.25, 0.3) is 11.1 Å². The average molecular weight is 443 g/mol. The van der Waals surface area contributed by atoms with Gasteiger partial charge in [-0.3, -0.25) is 0 Å². The van der Waals surface area contributed by atoms with Gasteiger partial charge in [0.25, 0.3) is 0 Å². The number of unbranched alkanes of at least 4 members (excludes halogenated alkanes) is 7. The van der Waals surface area contributed by atoms with Crippen LogP contribution < -0.4 is 4.74 Å². The average Bonchev–Trinajstić information content (AvgIpc) is 2.64. The summed E-state index contributed by atoms with van der Waals surface area (Å²) >= 11 is 3.15. The van der Waals surface area contributed by atoms with Gasteiger partial charge in [-0.05, 0) is 30.7 Å². The summed E-state index contributed by atoms with van der Waals surface area (Å²) in [5.74, 6) is -2.91. The summed E-state index contributed by atoms with van der Waals surface area (Å²) in [6, 6.07) is 6.94. The molecular formula is C22H26BrF3O. The smallest absolute Gasteiger partial charge is 0.201 e. The molecule has 0 spiro atoms. The molecule has 0 heterocycles. The van der Waals surface area contributed by atoms with Crippen molar-refractivity contribution in [3.63, 3.8) is 0 Å². The Kier molecular flexibility index (Phi) is 9.19. The van der Waals surface area contributed by atoms with Crippen LogP contribution in [0.15, 0.2) is 34.8 Å². The van der Waals surface area contributed by atoms with E-state index in [0.29, 0.717) is 11.1 Å². The molecule has 0 aromatic heterocycles. The summed E-state index contributed by atoms with van der Waals surface area (Å²) in [6.45, 7) is 2.54. The molecule has 0 aliphatic rings. The molecule has 0 aliphatic carbocycles. The van der Waals surface area contributed by atoms with Crippen LogP contribution in [0.5, 0.6) is 5.75 Å². The van der Waals surface area contributed by atoms with E-state index in [4.69, 9.17) is 4.74 Å². The predicted octanol–water partition coefficient (Wildman–Crippen LogP) is 8.05. The van der Waals surface area contributed by atoms with Crippen LogP contribution in [-0.2, 0) is 0 Å². The number of hydrogen-bond acceptors (Lipinski definition) is 1. The highest BCUT2D eigenvalue weighted by Crippen LogP contribution is 2.32. The van der Waals surface area contributed by atoms with E-state index in [1.54, 1.807) is 6.07 Å². The van der Waals surface area contributed by atoms with E-state index >= 15 is 0 Å². The van der Waals surface area contributed by atoms with Crippen molar-refractivity contribution in [2.24, 2.45) is 0 Å². The molecule has 0 saturated heterocycles. The molecule has 0 aliphatic heterocycles. The SMILES string of the molecule is CCCCCCCCCCOc1ccc(-c2ccc(Br)cc2F)c(F)c1F. The van der Waals surface area contributed by atoms with Gasteiger partial charge in [0.05, 0.1) is 6.61 Å². The zero-order valence-electron chi connectivity index (χ0n) is 15.7. The molecule has 0 fully saturated rings. The van der Waals surface area contributed by atoms with Crippen LogP contribution in [0, 0.1) is 17.5 Å². The Morgan fingerprint density at radius 2 is 1.41 bits per heavy atom. The number of ether oxygens (including phenoxy) is 1. The summed E-state index contributed by atoms with van der Waals surface area (Å²) < 4.78 is 48.6. The van der Waals surface area contributed by atoms with Crippen LogP contribution in [0.2, 0.25) is 0 Å². The Hall–Kier alpha value is -1.49. The fraction of sp³-hybridized carbons (Fsp3) is 0.455. The maximum atomic E-state index is 14.4. The van der Waals surface area contributed by atoms with Crippen LogP contribution in [0.1, 0.15) is 58.3 Å². The lowest BCUT2D eigenvalue weighted by Crippen LogP contribution is -2.02. The van der Waals surface area contributed by atoms with Gasteiger partial charge in [-0.2, -0.15) is 4.39 Å². The minimum Gasteiger partial charge on any atom is -0.490 e. The Balaban J connectivity index is 1.86. The predicted molar refractivity (Wildman–Crippen MR) is 108 cm³/mol. The van der Waals surface area contributed by atoms with Crippen molar-refractivity contribution < 1.29 is 17.9 Å². The first-order chi connectivity index (χ1) is 13.0. The minimum absolute atomic E-state index is 0.0178. The van der Waals surface area contributed by atoms with Gasteiger partial charge in [-0.25, -0.2) is 8.78 Å². The first-order valence-corrected chi connectivity index (χ1v) is 10.4. The Morgan fingerprint density at radius 1 is 0.778 bits per heavy atom. The van der Waals surface area contributed by atoms with Crippen LogP contribution in [0.4, 0.5) is 13.2 Å². The van der Waals surface area contributed by atoms with E-state index < -0.39 is 17.5 Å². The van der Waals surface area contributed by atoms with E-state index in [1.165, 1.54) is 56.4 Å². The van der Waals surface area contributed by atoms with E-state index in [-0.39, 0.29) is 16.9 Å². The highest BCUT2D eigenvalue weighted by atomic mass is 79.9. The molecule has 2 rings (SSSR count). The normalized spacial score (nSPS) is 11.0. The second-order valence-electron chi connectivity index (χ2n) is 6.69. The van der Waals surface area contributed by atoms with Crippen molar-refractivity contribution in [2.75, 3.05) is 6.61 Å². The molecule has 0 atom stereocenters. The van der Waals surface area contributed by atoms with Crippen molar-refractivity contribution in [2.45, 2.75) is 58.3 Å². The number of rotatable bonds is 11. The largest absolute Gasteiger partial charge is 0.490 e. The molecule has 0 saturated carbocycles. The number of hydrogen-bond donors (Lipinski definition) is 0. The van der Waals surface area contributed by atoms with E-state index in [0.717, 1.165) is 19.3 Å². The van der Waals surface area contributed by atoms with E-state index in [1.807, 2.05) is 0 Å². The van der Waals surface area contributed by atoms with Crippen LogP contribution in [0.3, 0.4) is 0 Å². The molecule has 2 aromatic carbocycles. The molecule has 27 heavy (non-hydrogen) atoms. The molecule has 148 valence electrons. The minimum atomic E-state index is -1.09. The van der Waals surface area contributed by atoms with E-state index in [2.05, 4.69) is 22.9 Å². The van der Waals surface area contributed by atoms with E-state index in [9.17, 15) is 13.2 Å². The van der Waals surface area contributed by atoms with Gasteiger partial charge in [0.2, 0.25) is 5.82 Å². The van der Waals surface area contributed by atoms with Crippen molar-refractivity contribution in [1.29, 1.82) is 0 Å². The number of benzene rings is 2. The summed E-state index contributed by atoms with van der Waals surface area (Å²) in [5.41, 5.74) is -0.0962. The third kappa shape index (κ3) is 6.56. The molecular weight excluding hydrogens is 417 g/mol. The third-order valence-corrected chi connectivity index (χ3v) is 5.02. The van der Waals surface area contributed by atoms with Crippen LogP contribution in [-0.4, -0.2) is 6.61 Å². The Bertz CT molecular complexity index is 734. The lowest BCUT2D eigenvalue weighted by atomic mass is 10.0. The fourth-order valence-corrected chi connectivity index (χ4v) is 3.31. The molecule has 0 N–H and O–H groups in total. The molecule has 0 bridgehead atoms. The van der Waals surface area contributed by atoms with Gasteiger partial charge in [0.15, 0.2) is 11.6 Å². The molecule has 0 unspecified atom stereocenters. The first kappa shape index (κ1) is 21.8. The lowest BCUT2D eigenvalue weighted by molar-refractivity contribution is 0.285. The summed E-state index contributed by atoms with van der Waals surface area (Å²) in [7, 11) is 0. The topological polar surface area (TPSA) is 9.23 Å². The van der Waals surface area contributed by atoms with Gasteiger partial charge in [0, 0.05) is 15.6 Å². The quantitative estimate of drug-likeness (QED) is 0.319. The second kappa shape index (κ2) is 11.4. The highest BCUT2D eigenvalue weighted by molar-refractivity contribution is 9.10. The fourth-order valence-electron chi connectivity index (χ4n) is 2.98. The lowest BCUT2D eigenvalue weighted by Gasteiger charge is -2.11. The highest BCUT2D eigenvalue weighted by Gasteiger charge is 2.18. The zero-order chi connectivity index (χ0) is 19.6. The van der Waals surface area contributed by atoms with Crippen molar-refractivity contribution in [1.82, 2.24) is 0 Å². The van der Waals surface area contributed by atoms with Gasteiger partial charge in [-0.1, -0.05) is 73.9 Å². The standard InChI is InChI=1S/C22H26BrF3O/c1-2-3-4-5-6-7-8-9-14-27-20-13-12-18(21(25)22(20)26)17-11-10-16(23)15-19(17)24/h10-13,15H,2-9,14H2,1H3. The monoisotopic (exact) mass is 442 g/mol. The van der Waals surface area contributed by atoms with Crippen molar-refractivity contribution in [3.05, 3.63) is 52.3 Å². The zero-order valence-corrected chi connectivity index (χ0v) is 17.3. The Morgan fingerprint density at radius 3 is 2.07 bits per heavy atom.